The van der Waals surface area contributed by atoms with Gasteiger partial charge in [-0.25, -0.2) is 4.79 Å². The van der Waals surface area contributed by atoms with Gasteiger partial charge in [-0.2, -0.15) is 9.50 Å². The maximum absolute atomic E-state index is 14.5. The summed E-state index contributed by atoms with van der Waals surface area (Å²) in [6.07, 6.45) is 3.36. The number of amides is 2. The highest BCUT2D eigenvalue weighted by Crippen LogP contribution is 2.70. The standard InChI is InChI=1S/C35H41ClN6O5/c1-19(2)22-7-8-24(23(36)17-22)37-25(43)18-41-29-26-20(3)27(26)35(11-13-40(14-12-35)33(45)47-34(4,5)6)28(29)31(44)42-32(41)38-30(39-42)21-9-15-46-16-10-21/h7-9,17,19,26-27H,3,10-16,18H2,1-2,4-6H3,(H,37,43)/t26-,27+/m0/s1. The van der Waals surface area contributed by atoms with Gasteiger partial charge in [0, 0.05) is 41.6 Å². The van der Waals surface area contributed by atoms with Crippen molar-refractivity contribution in [2.45, 2.75) is 83.3 Å². The Labute approximate surface area is 278 Å². The third kappa shape index (κ3) is 5.37. The lowest BCUT2D eigenvalue weighted by atomic mass is 9.71. The number of allylic oxidation sites excluding steroid dienone is 1. The number of fused-ring (bicyclic) bond motifs is 6. The summed E-state index contributed by atoms with van der Waals surface area (Å²) in [5.41, 5.74) is 3.61. The van der Waals surface area contributed by atoms with Gasteiger partial charge in [-0.15, -0.1) is 5.10 Å². The average molecular weight is 661 g/mol. The van der Waals surface area contributed by atoms with Gasteiger partial charge >= 0.3 is 6.09 Å². The first kappa shape index (κ1) is 31.6. The second-order valence-corrected chi connectivity index (χ2v) is 14.9. The van der Waals surface area contributed by atoms with Gasteiger partial charge in [0.2, 0.25) is 11.7 Å². The zero-order valence-electron chi connectivity index (χ0n) is 27.6. The number of ether oxygens (including phenoxy) is 2. The van der Waals surface area contributed by atoms with E-state index in [2.05, 4.69) is 25.7 Å². The zero-order valence-corrected chi connectivity index (χ0v) is 28.3. The van der Waals surface area contributed by atoms with E-state index in [0.29, 0.717) is 79.4 Å². The first-order chi connectivity index (χ1) is 22.3. The molecule has 1 N–H and O–H groups in total. The Morgan fingerprint density at radius 2 is 1.98 bits per heavy atom. The zero-order chi connectivity index (χ0) is 33.4. The molecule has 248 valence electrons. The molecule has 0 bridgehead atoms. The molecular formula is C35H41ClN6O5. The topological polar surface area (TPSA) is 120 Å². The van der Waals surface area contributed by atoms with Gasteiger partial charge in [0.1, 0.15) is 12.1 Å². The number of nitrogens with zero attached hydrogens (tertiary/aromatic N) is 5. The molecule has 1 saturated heterocycles. The molecule has 0 unspecified atom stereocenters. The lowest BCUT2D eigenvalue weighted by Gasteiger charge is -2.41. The van der Waals surface area contributed by atoms with Crippen molar-refractivity contribution in [3.63, 3.8) is 0 Å². The summed E-state index contributed by atoms with van der Waals surface area (Å²) < 4.78 is 14.3. The van der Waals surface area contributed by atoms with Gasteiger partial charge in [0.05, 0.1) is 23.9 Å². The first-order valence-electron chi connectivity index (χ1n) is 16.4. The van der Waals surface area contributed by atoms with Crippen molar-refractivity contribution in [3.8, 4) is 0 Å². The van der Waals surface area contributed by atoms with E-state index < -0.39 is 11.0 Å². The Balaban J connectivity index is 1.29. The summed E-state index contributed by atoms with van der Waals surface area (Å²) in [5, 5.41) is 8.15. The van der Waals surface area contributed by atoms with Crippen LogP contribution in [0, 0.1) is 5.92 Å². The van der Waals surface area contributed by atoms with E-state index in [1.807, 2.05) is 49.6 Å². The number of hydrogen-bond donors (Lipinski definition) is 1. The number of piperidine rings is 1. The normalized spacial score (nSPS) is 21.6. The number of nitrogens with one attached hydrogen (secondary N) is 1. The largest absolute Gasteiger partial charge is 0.444 e. The second-order valence-electron chi connectivity index (χ2n) is 14.4. The molecule has 2 amide bonds. The minimum absolute atomic E-state index is 0.0445. The quantitative estimate of drug-likeness (QED) is 0.351. The number of carbonyl (C=O) groups is 2. The Kier molecular flexibility index (Phi) is 7.63. The van der Waals surface area contributed by atoms with Gasteiger partial charge in [0.15, 0.2) is 5.82 Å². The van der Waals surface area contributed by atoms with Crippen molar-refractivity contribution >= 4 is 40.6 Å². The van der Waals surface area contributed by atoms with Crippen LogP contribution in [-0.4, -0.2) is 68.0 Å². The molecule has 4 heterocycles. The summed E-state index contributed by atoms with van der Waals surface area (Å²) in [6, 6.07) is 5.65. The third-order valence-corrected chi connectivity index (χ3v) is 10.3. The highest BCUT2D eigenvalue weighted by Gasteiger charge is 2.67. The molecule has 3 aromatic rings. The van der Waals surface area contributed by atoms with Gasteiger partial charge in [-0.05, 0) is 69.2 Å². The number of carbonyl (C=O) groups excluding carboxylic acids is 2. The summed E-state index contributed by atoms with van der Waals surface area (Å²) >= 11 is 6.58. The molecule has 2 aliphatic carbocycles. The van der Waals surface area contributed by atoms with Crippen molar-refractivity contribution in [1.29, 1.82) is 0 Å². The van der Waals surface area contributed by atoms with Crippen molar-refractivity contribution in [2.24, 2.45) is 5.92 Å². The highest BCUT2D eigenvalue weighted by molar-refractivity contribution is 6.33. The molecule has 1 spiro atoms. The molecule has 1 aromatic carbocycles. The monoisotopic (exact) mass is 660 g/mol. The van der Waals surface area contributed by atoms with Crippen LogP contribution in [-0.2, 0) is 26.2 Å². The van der Waals surface area contributed by atoms with Crippen molar-refractivity contribution in [3.05, 3.63) is 74.4 Å². The summed E-state index contributed by atoms with van der Waals surface area (Å²) in [5.74, 6) is 0.730. The fourth-order valence-electron chi connectivity index (χ4n) is 7.66. The molecule has 2 fully saturated rings. The lowest BCUT2D eigenvalue weighted by Crippen LogP contribution is -2.49. The smallest absolute Gasteiger partial charge is 0.410 e. The van der Waals surface area contributed by atoms with Crippen LogP contribution < -0.4 is 10.9 Å². The molecule has 4 aliphatic rings. The molecule has 12 heteroatoms. The van der Waals surface area contributed by atoms with Gasteiger partial charge < -0.3 is 24.3 Å². The van der Waals surface area contributed by atoms with Crippen LogP contribution in [0.25, 0.3) is 11.4 Å². The van der Waals surface area contributed by atoms with Gasteiger partial charge in [-0.1, -0.05) is 49.7 Å². The number of anilines is 1. The maximum atomic E-state index is 14.5. The fourth-order valence-corrected chi connectivity index (χ4v) is 7.90. The molecule has 1 saturated carbocycles. The van der Waals surface area contributed by atoms with Crippen LogP contribution in [0.15, 0.2) is 41.2 Å². The molecule has 0 radical (unpaired) electrons. The lowest BCUT2D eigenvalue weighted by molar-refractivity contribution is -0.116. The minimum Gasteiger partial charge on any atom is -0.444 e. The number of benzene rings is 1. The van der Waals surface area contributed by atoms with E-state index in [0.717, 1.165) is 22.4 Å². The Bertz CT molecular complexity index is 1910. The van der Waals surface area contributed by atoms with Gasteiger partial charge in [-0.3, -0.25) is 9.59 Å². The minimum atomic E-state index is -0.604. The predicted octanol–water partition coefficient (Wildman–Crippen LogP) is 5.66. The van der Waals surface area contributed by atoms with Crippen LogP contribution in [0.1, 0.15) is 88.4 Å². The van der Waals surface area contributed by atoms with Crippen LogP contribution >= 0.6 is 11.6 Å². The summed E-state index contributed by atoms with van der Waals surface area (Å²) in [7, 11) is 0. The molecule has 47 heavy (non-hydrogen) atoms. The molecule has 2 aliphatic heterocycles. The second kappa shape index (κ2) is 11.3. The Morgan fingerprint density at radius 1 is 1.23 bits per heavy atom. The van der Waals surface area contributed by atoms with Crippen molar-refractivity contribution in [1.82, 2.24) is 24.1 Å². The van der Waals surface area contributed by atoms with Crippen molar-refractivity contribution in [2.75, 3.05) is 31.6 Å². The molecular weight excluding hydrogens is 620 g/mol. The Hall–Kier alpha value is -3.96. The predicted molar refractivity (Wildman–Crippen MR) is 179 cm³/mol. The number of aromatic nitrogens is 4. The van der Waals surface area contributed by atoms with Crippen molar-refractivity contribution < 1.29 is 19.1 Å². The molecule has 11 nitrogen and oxygen atoms in total. The first-order valence-corrected chi connectivity index (χ1v) is 16.7. The number of likely N-dealkylation sites (tertiary alicyclic amines) is 1. The highest BCUT2D eigenvalue weighted by atomic mass is 35.5. The van der Waals surface area contributed by atoms with E-state index in [-0.39, 0.29) is 35.9 Å². The number of rotatable bonds is 5. The average Bonchev–Trinajstić information content (AvgIpc) is 3.36. The maximum Gasteiger partial charge on any atom is 0.410 e. The fraction of sp³-hybridized carbons (Fsp3) is 0.514. The van der Waals surface area contributed by atoms with Crippen LogP contribution in [0.3, 0.4) is 0 Å². The molecule has 2 aromatic heterocycles. The van der Waals surface area contributed by atoms with Crippen LogP contribution in [0.2, 0.25) is 5.02 Å². The third-order valence-electron chi connectivity index (χ3n) is 9.99. The van der Waals surface area contributed by atoms with E-state index >= 15 is 0 Å². The van der Waals surface area contributed by atoms with E-state index in [9.17, 15) is 14.4 Å². The summed E-state index contributed by atoms with van der Waals surface area (Å²) in [4.78, 5) is 47.7. The van der Waals surface area contributed by atoms with E-state index in [1.54, 1.807) is 4.90 Å². The SMILES string of the molecule is C=C1[C@@H]2c3c(c(=O)n4nc(C5=CCOCC5)nc4n3CC(=O)Nc3ccc(C(C)C)cc3Cl)C3(CCN(C(=O)OC(C)(C)C)CC3)[C@H]12. The van der Waals surface area contributed by atoms with Gasteiger partial charge in [0.25, 0.3) is 5.56 Å². The van der Waals surface area contributed by atoms with Crippen LogP contribution in [0.5, 0.6) is 0 Å². The number of hydrogen-bond acceptors (Lipinski definition) is 7. The molecule has 7 rings (SSSR count). The Morgan fingerprint density at radius 3 is 2.62 bits per heavy atom. The van der Waals surface area contributed by atoms with E-state index in [4.69, 9.17) is 31.2 Å². The van der Waals surface area contributed by atoms with Crippen LogP contribution in [0.4, 0.5) is 10.5 Å². The van der Waals surface area contributed by atoms with E-state index in [1.165, 1.54) is 4.52 Å². The molecule has 2 atom stereocenters. The number of halogens is 1. The summed E-state index contributed by atoms with van der Waals surface area (Å²) in [6.45, 7) is 15.9.